The van der Waals surface area contributed by atoms with Crippen molar-refractivity contribution in [2.24, 2.45) is 5.92 Å². The first-order valence-electron chi connectivity index (χ1n) is 6.81. The van der Waals surface area contributed by atoms with Gasteiger partial charge >= 0.3 is 5.97 Å². The maximum absolute atomic E-state index is 12.1. The molecule has 0 aliphatic heterocycles. The monoisotopic (exact) mass is 337 g/mol. The molecule has 4 nitrogen and oxygen atoms in total. The van der Waals surface area contributed by atoms with Crippen molar-refractivity contribution < 1.29 is 14.7 Å². The van der Waals surface area contributed by atoms with Gasteiger partial charge in [0, 0.05) is 22.4 Å². The van der Waals surface area contributed by atoms with Crippen molar-refractivity contribution in [2.45, 2.75) is 31.1 Å². The van der Waals surface area contributed by atoms with Crippen LogP contribution in [0.5, 0.6) is 0 Å². The number of carbonyl (C=O) groups is 2. The van der Waals surface area contributed by atoms with Gasteiger partial charge in [-0.3, -0.25) is 9.59 Å². The zero-order chi connectivity index (χ0) is 14.3. The summed E-state index contributed by atoms with van der Waals surface area (Å²) in [6, 6.07) is 6.29. The fourth-order valence-corrected chi connectivity index (χ4v) is 3.79. The summed E-state index contributed by atoms with van der Waals surface area (Å²) in [5, 5.41) is 11.3. The number of carbonyl (C=O) groups excluding carboxylic acids is 1. The molecular weight excluding hydrogens is 322 g/mol. The second-order valence-electron chi connectivity index (χ2n) is 5.65. The van der Waals surface area contributed by atoms with E-state index in [1.165, 1.54) is 11.1 Å². The number of halogens is 1. The van der Waals surface area contributed by atoms with Gasteiger partial charge in [0.15, 0.2) is 0 Å². The topological polar surface area (TPSA) is 66.4 Å². The fraction of sp³-hybridized carbons (Fsp3) is 0.467. The number of aryl methyl sites for hydroxylation is 1. The van der Waals surface area contributed by atoms with Gasteiger partial charge in [0.05, 0.1) is 6.42 Å². The Morgan fingerprint density at radius 1 is 1.45 bits per heavy atom. The minimum atomic E-state index is -0.883. The Bertz CT molecular complexity index is 586. The van der Waals surface area contributed by atoms with Gasteiger partial charge in [-0.25, -0.2) is 0 Å². The molecule has 2 unspecified atom stereocenters. The lowest BCUT2D eigenvalue weighted by molar-refractivity contribution is -0.136. The maximum atomic E-state index is 12.1. The number of carboxylic acids is 1. The number of rotatable bonds is 4. The van der Waals surface area contributed by atoms with Crippen molar-refractivity contribution in [1.29, 1.82) is 0 Å². The molecule has 106 valence electrons. The van der Waals surface area contributed by atoms with Gasteiger partial charge in [-0.15, -0.1) is 0 Å². The molecule has 1 aromatic rings. The van der Waals surface area contributed by atoms with Crippen LogP contribution in [0.4, 0.5) is 0 Å². The second kappa shape index (κ2) is 4.88. The lowest BCUT2D eigenvalue weighted by atomic mass is 9.95. The molecule has 2 N–H and O–H groups in total. The van der Waals surface area contributed by atoms with Crippen molar-refractivity contribution in [3.8, 4) is 0 Å². The molecule has 5 heteroatoms. The Hall–Kier alpha value is -1.36. The van der Waals surface area contributed by atoms with E-state index in [2.05, 4.69) is 33.4 Å². The van der Waals surface area contributed by atoms with Gasteiger partial charge < -0.3 is 10.4 Å². The molecule has 1 amide bonds. The van der Waals surface area contributed by atoms with Gasteiger partial charge in [0.25, 0.3) is 0 Å². The van der Waals surface area contributed by atoms with Gasteiger partial charge in [-0.1, -0.05) is 22.0 Å². The lowest BCUT2D eigenvalue weighted by Crippen LogP contribution is -2.29. The van der Waals surface area contributed by atoms with Gasteiger partial charge in [-0.2, -0.15) is 0 Å². The zero-order valence-corrected chi connectivity index (χ0v) is 12.6. The van der Waals surface area contributed by atoms with E-state index in [1.807, 2.05) is 6.07 Å². The predicted octanol–water partition coefficient (Wildman–Crippen LogP) is 2.24. The number of carboxylic acid groups (broad SMARTS) is 1. The zero-order valence-electron chi connectivity index (χ0n) is 11.0. The minimum absolute atomic E-state index is 0.00187. The van der Waals surface area contributed by atoms with Crippen molar-refractivity contribution in [2.75, 3.05) is 6.54 Å². The molecule has 0 bridgehead atoms. The van der Waals surface area contributed by atoms with E-state index in [0.717, 1.165) is 23.7 Å². The van der Waals surface area contributed by atoms with E-state index < -0.39 is 5.97 Å². The molecule has 0 heterocycles. The molecule has 1 saturated carbocycles. The smallest absolute Gasteiger partial charge is 0.305 e. The summed E-state index contributed by atoms with van der Waals surface area (Å²) in [5.74, 6) is -0.868. The van der Waals surface area contributed by atoms with Gasteiger partial charge in [0.1, 0.15) is 0 Å². The lowest BCUT2D eigenvalue weighted by Gasteiger charge is -2.11. The average Bonchev–Trinajstić information content (AvgIpc) is 3.01. The number of hydrogen-bond acceptors (Lipinski definition) is 2. The van der Waals surface area contributed by atoms with Crippen LogP contribution in [-0.4, -0.2) is 23.5 Å². The summed E-state index contributed by atoms with van der Waals surface area (Å²) >= 11 is 3.48. The maximum Gasteiger partial charge on any atom is 0.305 e. The van der Waals surface area contributed by atoms with Crippen molar-refractivity contribution >= 4 is 27.8 Å². The molecule has 0 aromatic heterocycles. The number of hydrogen-bond donors (Lipinski definition) is 2. The third-order valence-corrected chi connectivity index (χ3v) is 4.97. The Morgan fingerprint density at radius 2 is 2.25 bits per heavy atom. The summed E-state index contributed by atoms with van der Waals surface area (Å²) in [6.45, 7) is 0.216. The fourth-order valence-electron chi connectivity index (χ4n) is 3.39. The summed E-state index contributed by atoms with van der Waals surface area (Å²) in [6.07, 6.45) is 2.92. The Labute approximate surface area is 125 Å². The highest BCUT2D eigenvalue weighted by atomic mass is 79.9. The number of fused-ring (bicyclic) bond motifs is 2. The average molecular weight is 338 g/mol. The van der Waals surface area contributed by atoms with E-state index in [4.69, 9.17) is 5.11 Å². The molecule has 3 rings (SSSR count). The van der Waals surface area contributed by atoms with Crippen LogP contribution in [0.15, 0.2) is 22.7 Å². The standard InChI is InChI=1S/C15H16BrNO3/c16-10-1-2-11-9(7-10)3-5-15(11)8-12(15)14(20)17-6-4-13(18)19/h1-2,7,12H,3-6,8H2,(H,17,20)(H,18,19). The molecule has 20 heavy (non-hydrogen) atoms. The van der Waals surface area contributed by atoms with Gasteiger partial charge in [0.2, 0.25) is 5.91 Å². The second-order valence-corrected chi connectivity index (χ2v) is 6.56. The van der Waals surface area contributed by atoms with E-state index in [-0.39, 0.29) is 30.2 Å². The Balaban J connectivity index is 1.67. The molecule has 1 spiro atoms. The number of aliphatic carboxylic acids is 1. The number of benzene rings is 1. The molecular formula is C15H16BrNO3. The molecule has 0 saturated heterocycles. The summed E-state index contributed by atoms with van der Waals surface area (Å²) < 4.78 is 1.08. The van der Waals surface area contributed by atoms with Crippen LogP contribution < -0.4 is 5.32 Å². The molecule has 2 atom stereocenters. The van der Waals surface area contributed by atoms with Crippen LogP contribution in [0.2, 0.25) is 0 Å². The van der Waals surface area contributed by atoms with E-state index in [9.17, 15) is 9.59 Å². The third-order valence-electron chi connectivity index (χ3n) is 4.47. The highest BCUT2D eigenvalue weighted by Gasteiger charge is 2.61. The predicted molar refractivity (Wildman–Crippen MR) is 77.5 cm³/mol. The Morgan fingerprint density at radius 3 is 3.00 bits per heavy atom. The molecule has 1 fully saturated rings. The summed E-state index contributed by atoms with van der Waals surface area (Å²) in [4.78, 5) is 22.6. The molecule has 2 aliphatic rings. The highest BCUT2D eigenvalue weighted by molar-refractivity contribution is 9.10. The highest BCUT2D eigenvalue weighted by Crippen LogP contribution is 2.61. The molecule has 1 aromatic carbocycles. The van der Waals surface area contributed by atoms with Crippen molar-refractivity contribution in [3.63, 3.8) is 0 Å². The van der Waals surface area contributed by atoms with E-state index in [1.54, 1.807) is 0 Å². The molecule has 2 aliphatic carbocycles. The van der Waals surface area contributed by atoms with Crippen LogP contribution in [0, 0.1) is 5.92 Å². The summed E-state index contributed by atoms with van der Waals surface area (Å²) in [7, 11) is 0. The van der Waals surface area contributed by atoms with Crippen LogP contribution in [0.25, 0.3) is 0 Å². The number of nitrogens with one attached hydrogen (secondary N) is 1. The Kier molecular flexibility index (Phi) is 3.32. The van der Waals surface area contributed by atoms with Crippen LogP contribution >= 0.6 is 15.9 Å². The quantitative estimate of drug-likeness (QED) is 0.885. The first kappa shape index (κ1) is 13.6. The van der Waals surface area contributed by atoms with Crippen molar-refractivity contribution in [3.05, 3.63) is 33.8 Å². The van der Waals surface area contributed by atoms with Crippen molar-refractivity contribution in [1.82, 2.24) is 5.32 Å². The van der Waals surface area contributed by atoms with Crippen LogP contribution in [0.1, 0.15) is 30.4 Å². The van der Waals surface area contributed by atoms with E-state index >= 15 is 0 Å². The van der Waals surface area contributed by atoms with E-state index in [0.29, 0.717) is 0 Å². The third kappa shape index (κ3) is 2.24. The van der Waals surface area contributed by atoms with Gasteiger partial charge in [-0.05, 0) is 42.5 Å². The number of amides is 1. The van der Waals surface area contributed by atoms with Crippen LogP contribution in [-0.2, 0) is 21.4 Å². The minimum Gasteiger partial charge on any atom is -0.481 e. The normalized spacial score (nSPS) is 26.4. The first-order chi connectivity index (χ1) is 9.53. The molecule has 0 radical (unpaired) electrons. The summed E-state index contributed by atoms with van der Waals surface area (Å²) in [5.41, 5.74) is 2.66. The van der Waals surface area contributed by atoms with Crippen LogP contribution in [0.3, 0.4) is 0 Å². The largest absolute Gasteiger partial charge is 0.481 e. The first-order valence-corrected chi connectivity index (χ1v) is 7.61. The SMILES string of the molecule is O=C(O)CCNC(=O)C1CC12CCc1cc(Br)ccc12.